The van der Waals surface area contributed by atoms with Crippen LogP contribution in [0, 0.1) is 6.92 Å². The van der Waals surface area contributed by atoms with Crippen molar-refractivity contribution < 1.29 is 14.3 Å². The van der Waals surface area contributed by atoms with Crippen molar-refractivity contribution in [3.8, 4) is 0 Å². The maximum Gasteiger partial charge on any atom is 0.341 e. The fourth-order valence-corrected chi connectivity index (χ4v) is 4.60. The SMILES string of the molecule is CCOC(=O)c1c(NC(=S)NC(=O)C=Cc2ccc(C)cc2)sc2c1CCC2. The van der Waals surface area contributed by atoms with Crippen molar-refractivity contribution in [2.24, 2.45) is 0 Å². The van der Waals surface area contributed by atoms with Gasteiger partial charge in [-0.25, -0.2) is 4.79 Å². The van der Waals surface area contributed by atoms with E-state index in [9.17, 15) is 9.59 Å². The molecule has 0 unspecified atom stereocenters. The van der Waals surface area contributed by atoms with E-state index >= 15 is 0 Å². The van der Waals surface area contributed by atoms with Crippen molar-refractivity contribution in [2.75, 3.05) is 11.9 Å². The third kappa shape index (κ3) is 4.85. The first-order chi connectivity index (χ1) is 13.5. The largest absolute Gasteiger partial charge is 0.462 e. The standard InChI is InChI=1S/C21H22N2O3S2/c1-3-26-20(25)18-15-5-4-6-16(15)28-19(18)23-21(27)22-17(24)12-11-14-9-7-13(2)8-10-14/h7-12H,3-6H2,1-2H3,(H2,22,23,24,27). The lowest BCUT2D eigenvalue weighted by molar-refractivity contribution is -0.115. The highest BCUT2D eigenvalue weighted by molar-refractivity contribution is 7.80. The number of anilines is 1. The van der Waals surface area contributed by atoms with Crippen LogP contribution in [0.3, 0.4) is 0 Å². The first kappa shape index (κ1) is 20.2. The quantitative estimate of drug-likeness (QED) is 0.435. The molecular weight excluding hydrogens is 392 g/mol. The first-order valence-corrected chi connectivity index (χ1v) is 10.4. The van der Waals surface area contributed by atoms with Gasteiger partial charge in [-0.05, 0) is 62.5 Å². The molecule has 28 heavy (non-hydrogen) atoms. The van der Waals surface area contributed by atoms with Crippen molar-refractivity contribution in [1.82, 2.24) is 5.32 Å². The van der Waals surface area contributed by atoms with Crippen molar-refractivity contribution in [3.05, 3.63) is 57.5 Å². The fraction of sp³-hybridized carbons (Fsp3) is 0.286. The Morgan fingerprint density at radius 3 is 2.71 bits per heavy atom. The summed E-state index contributed by atoms with van der Waals surface area (Å²) in [6, 6.07) is 7.84. The van der Waals surface area contributed by atoms with Crippen LogP contribution in [-0.4, -0.2) is 23.6 Å². The average Bonchev–Trinajstić information content (AvgIpc) is 3.21. The number of fused-ring (bicyclic) bond motifs is 1. The summed E-state index contributed by atoms with van der Waals surface area (Å²) in [7, 11) is 0. The molecule has 0 saturated carbocycles. The van der Waals surface area contributed by atoms with E-state index in [2.05, 4.69) is 10.6 Å². The van der Waals surface area contributed by atoms with Crippen LogP contribution in [0.2, 0.25) is 0 Å². The Morgan fingerprint density at radius 2 is 2.00 bits per heavy atom. The topological polar surface area (TPSA) is 67.4 Å². The van der Waals surface area contributed by atoms with Crippen LogP contribution in [0.5, 0.6) is 0 Å². The van der Waals surface area contributed by atoms with E-state index in [-0.39, 0.29) is 17.0 Å². The van der Waals surface area contributed by atoms with Gasteiger partial charge in [0.2, 0.25) is 5.91 Å². The zero-order chi connectivity index (χ0) is 20.1. The average molecular weight is 415 g/mol. The Kier molecular flexibility index (Phi) is 6.59. The van der Waals surface area contributed by atoms with E-state index in [0.29, 0.717) is 17.2 Å². The molecule has 1 heterocycles. The minimum absolute atomic E-state index is 0.157. The molecule has 0 saturated heterocycles. The number of esters is 1. The molecule has 1 aliphatic rings. The van der Waals surface area contributed by atoms with Crippen molar-refractivity contribution >= 4 is 51.6 Å². The highest BCUT2D eigenvalue weighted by Gasteiger charge is 2.27. The number of benzene rings is 1. The van der Waals surface area contributed by atoms with Crippen molar-refractivity contribution in [3.63, 3.8) is 0 Å². The number of hydrogen-bond acceptors (Lipinski definition) is 5. The Bertz CT molecular complexity index is 930. The van der Waals surface area contributed by atoms with Crippen molar-refractivity contribution in [1.29, 1.82) is 0 Å². The van der Waals surface area contributed by atoms with E-state index in [0.717, 1.165) is 36.0 Å². The molecule has 3 rings (SSSR count). The van der Waals surface area contributed by atoms with Gasteiger partial charge in [0.05, 0.1) is 12.2 Å². The summed E-state index contributed by atoms with van der Waals surface area (Å²) in [6.07, 6.45) is 6.01. The number of carbonyl (C=O) groups excluding carboxylic acids is 2. The maximum atomic E-state index is 12.4. The lowest BCUT2D eigenvalue weighted by Gasteiger charge is -2.10. The maximum absolute atomic E-state index is 12.4. The highest BCUT2D eigenvalue weighted by Crippen LogP contribution is 2.39. The number of rotatable bonds is 5. The fourth-order valence-electron chi connectivity index (χ4n) is 3.05. The summed E-state index contributed by atoms with van der Waals surface area (Å²) in [5, 5.41) is 6.41. The monoisotopic (exact) mass is 414 g/mol. The third-order valence-corrected chi connectivity index (χ3v) is 5.78. The Hall–Kier alpha value is -2.51. The molecule has 1 amide bonds. The van der Waals surface area contributed by atoms with Crippen LogP contribution < -0.4 is 10.6 Å². The summed E-state index contributed by atoms with van der Waals surface area (Å²) in [5.41, 5.74) is 3.68. The molecule has 0 atom stereocenters. The van der Waals surface area contributed by atoms with Gasteiger partial charge < -0.3 is 10.1 Å². The Balaban J connectivity index is 1.65. The predicted octanol–water partition coefficient (Wildman–Crippen LogP) is 4.25. The molecule has 2 aromatic rings. The first-order valence-electron chi connectivity index (χ1n) is 9.16. The highest BCUT2D eigenvalue weighted by atomic mass is 32.1. The van der Waals surface area contributed by atoms with Crippen LogP contribution in [0.1, 0.15) is 45.3 Å². The second-order valence-corrected chi connectivity index (χ2v) is 7.98. The number of thiocarbonyl (C=S) groups is 1. The number of ether oxygens (including phenoxy) is 1. The minimum atomic E-state index is -0.349. The summed E-state index contributed by atoms with van der Waals surface area (Å²) >= 11 is 6.76. The van der Waals surface area contributed by atoms with Crippen molar-refractivity contribution in [2.45, 2.75) is 33.1 Å². The number of aryl methyl sites for hydroxylation is 2. The molecule has 146 valence electrons. The van der Waals surface area contributed by atoms with E-state index in [1.54, 1.807) is 13.0 Å². The van der Waals surface area contributed by atoms with Gasteiger partial charge in [0.25, 0.3) is 0 Å². The Morgan fingerprint density at radius 1 is 1.25 bits per heavy atom. The lowest BCUT2D eigenvalue weighted by atomic mass is 10.1. The molecule has 1 aromatic heterocycles. The third-order valence-electron chi connectivity index (χ3n) is 4.37. The lowest BCUT2D eigenvalue weighted by Crippen LogP contribution is -2.33. The van der Waals surface area contributed by atoms with Gasteiger partial charge >= 0.3 is 5.97 Å². The van der Waals surface area contributed by atoms with Gasteiger partial charge in [-0.2, -0.15) is 0 Å². The minimum Gasteiger partial charge on any atom is -0.462 e. The smallest absolute Gasteiger partial charge is 0.341 e. The van der Waals surface area contributed by atoms with Crippen LogP contribution in [0.25, 0.3) is 6.08 Å². The summed E-state index contributed by atoms with van der Waals surface area (Å²) in [6.45, 7) is 4.10. The van der Waals surface area contributed by atoms with E-state index in [4.69, 9.17) is 17.0 Å². The summed E-state index contributed by atoms with van der Waals surface area (Å²) < 4.78 is 5.20. The molecule has 0 spiro atoms. The van der Waals surface area contributed by atoms with Gasteiger partial charge in [-0.3, -0.25) is 10.1 Å². The molecule has 7 heteroatoms. The van der Waals surface area contributed by atoms with Crippen LogP contribution in [-0.2, 0) is 22.4 Å². The molecular formula is C21H22N2O3S2. The summed E-state index contributed by atoms with van der Waals surface area (Å²) in [4.78, 5) is 25.7. The molecule has 2 N–H and O–H groups in total. The predicted molar refractivity (Wildman–Crippen MR) is 117 cm³/mol. The van der Waals surface area contributed by atoms with Crippen LogP contribution in [0.4, 0.5) is 5.00 Å². The van der Waals surface area contributed by atoms with Gasteiger partial charge in [-0.1, -0.05) is 29.8 Å². The molecule has 0 radical (unpaired) electrons. The zero-order valence-electron chi connectivity index (χ0n) is 15.8. The molecule has 5 nitrogen and oxygen atoms in total. The molecule has 0 aliphatic heterocycles. The Labute approximate surface area is 173 Å². The van der Waals surface area contributed by atoms with Gasteiger partial charge in [0.1, 0.15) is 5.00 Å². The zero-order valence-corrected chi connectivity index (χ0v) is 17.5. The molecule has 0 bridgehead atoms. The number of nitrogens with one attached hydrogen (secondary N) is 2. The van der Waals surface area contributed by atoms with Crippen LogP contribution >= 0.6 is 23.6 Å². The van der Waals surface area contributed by atoms with E-state index in [1.165, 1.54) is 22.3 Å². The van der Waals surface area contributed by atoms with Crippen LogP contribution in [0.15, 0.2) is 30.3 Å². The second kappa shape index (κ2) is 9.12. The normalized spacial score (nSPS) is 12.6. The van der Waals surface area contributed by atoms with Gasteiger partial charge in [0.15, 0.2) is 5.11 Å². The van der Waals surface area contributed by atoms with E-state index < -0.39 is 0 Å². The number of hydrogen-bond donors (Lipinski definition) is 2. The molecule has 1 aliphatic carbocycles. The molecule has 0 fully saturated rings. The number of carbonyl (C=O) groups is 2. The number of amides is 1. The van der Waals surface area contributed by atoms with Gasteiger partial charge in [-0.15, -0.1) is 11.3 Å². The second-order valence-electron chi connectivity index (χ2n) is 6.47. The summed E-state index contributed by atoms with van der Waals surface area (Å²) in [5.74, 6) is -0.683. The molecule has 1 aromatic carbocycles. The van der Waals surface area contributed by atoms with E-state index in [1.807, 2.05) is 31.2 Å². The number of thiophene rings is 1. The van der Waals surface area contributed by atoms with Gasteiger partial charge in [0, 0.05) is 11.0 Å².